The van der Waals surface area contributed by atoms with Crippen LogP contribution in [0.3, 0.4) is 0 Å². The highest BCUT2D eigenvalue weighted by Crippen LogP contribution is 2.25. The van der Waals surface area contributed by atoms with E-state index in [1.807, 2.05) is 0 Å². The Morgan fingerprint density at radius 1 is 1.30 bits per heavy atom. The van der Waals surface area contributed by atoms with E-state index in [9.17, 15) is 8.42 Å². The summed E-state index contributed by atoms with van der Waals surface area (Å²) < 4.78 is 26.5. The van der Waals surface area contributed by atoms with Crippen LogP contribution >= 0.6 is 0 Å². The molecule has 0 unspecified atom stereocenters. The average Bonchev–Trinajstić information content (AvgIpc) is 2.48. The molecule has 0 aliphatic carbocycles. The average molecular weight is 298 g/mol. The van der Waals surface area contributed by atoms with Crippen LogP contribution in [0.5, 0.6) is 0 Å². The summed E-state index contributed by atoms with van der Waals surface area (Å²) in [6.07, 6.45) is 6.98. The number of aromatic nitrogens is 2. The Morgan fingerprint density at radius 3 is 2.40 bits per heavy atom. The lowest BCUT2D eigenvalue weighted by Crippen LogP contribution is -2.38. The van der Waals surface area contributed by atoms with Crippen LogP contribution in [0.2, 0.25) is 0 Å². The molecule has 0 atom stereocenters. The Kier molecular flexibility index (Phi) is 4.93. The number of sulfonamides is 1. The van der Waals surface area contributed by atoms with Crippen molar-refractivity contribution in [2.45, 2.75) is 37.5 Å². The van der Waals surface area contributed by atoms with E-state index in [-0.39, 0.29) is 4.90 Å². The molecule has 0 radical (unpaired) electrons. The fourth-order valence-corrected chi connectivity index (χ4v) is 3.94. The summed E-state index contributed by atoms with van der Waals surface area (Å²) in [4.78, 5) is 8.12. The van der Waals surface area contributed by atoms with Gasteiger partial charge in [0.05, 0.1) is 12.4 Å². The topological polar surface area (TPSA) is 75.2 Å². The Hall–Kier alpha value is -1.21. The predicted molar refractivity (Wildman–Crippen MR) is 78.0 cm³/mol. The molecule has 1 aromatic heterocycles. The van der Waals surface area contributed by atoms with E-state index in [1.165, 1.54) is 18.8 Å². The molecule has 0 saturated carbocycles. The molecule has 0 amide bonds. The minimum atomic E-state index is -3.44. The maximum Gasteiger partial charge on any atom is 0.246 e. The van der Waals surface area contributed by atoms with Gasteiger partial charge in [-0.25, -0.2) is 18.4 Å². The van der Waals surface area contributed by atoms with Gasteiger partial charge in [-0.05, 0) is 18.8 Å². The van der Waals surface area contributed by atoms with Crippen molar-refractivity contribution >= 4 is 16.0 Å². The van der Waals surface area contributed by atoms with Gasteiger partial charge in [0.1, 0.15) is 4.90 Å². The van der Waals surface area contributed by atoms with Gasteiger partial charge < -0.3 is 5.32 Å². The van der Waals surface area contributed by atoms with Crippen LogP contribution < -0.4 is 5.32 Å². The normalized spacial score (nSPS) is 18.1. The first-order valence-corrected chi connectivity index (χ1v) is 8.52. The molecule has 1 saturated heterocycles. The lowest BCUT2D eigenvalue weighted by Gasteiger charge is -2.30. The molecule has 1 aromatic rings. The second-order valence-electron chi connectivity index (χ2n) is 5.13. The van der Waals surface area contributed by atoms with E-state index in [0.29, 0.717) is 25.0 Å². The quantitative estimate of drug-likeness (QED) is 0.896. The van der Waals surface area contributed by atoms with Crippen LogP contribution in [0.15, 0.2) is 17.3 Å². The molecule has 2 heterocycles. The largest absolute Gasteiger partial charge is 0.357 e. The van der Waals surface area contributed by atoms with Crippen LogP contribution in [0.25, 0.3) is 0 Å². The van der Waals surface area contributed by atoms with E-state index < -0.39 is 10.0 Å². The van der Waals surface area contributed by atoms with Crippen LogP contribution in [0.4, 0.5) is 5.95 Å². The van der Waals surface area contributed by atoms with Crippen molar-refractivity contribution in [3.63, 3.8) is 0 Å². The number of piperidine rings is 1. The van der Waals surface area contributed by atoms with Crippen LogP contribution in [0, 0.1) is 5.92 Å². The highest BCUT2D eigenvalue weighted by Gasteiger charge is 2.29. The molecule has 6 nitrogen and oxygen atoms in total. The lowest BCUT2D eigenvalue weighted by molar-refractivity contribution is 0.262. The fraction of sp³-hybridized carbons (Fsp3) is 0.692. The van der Waals surface area contributed by atoms with Gasteiger partial charge in [-0.3, -0.25) is 0 Å². The molecule has 0 spiro atoms. The summed E-state index contributed by atoms with van der Waals surface area (Å²) in [6.45, 7) is 3.37. The lowest BCUT2D eigenvalue weighted by atomic mass is 9.94. The monoisotopic (exact) mass is 298 g/mol. The minimum absolute atomic E-state index is 0.172. The summed E-state index contributed by atoms with van der Waals surface area (Å²) in [6, 6.07) is 0. The Bertz CT molecular complexity index is 522. The zero-order chi connectivity index (χ0) is 14.6. The summed E-state index contributed by atoms with van der Waals surface area (Å²) in [5, 5.41) is 2.77. The first kappa shape index (κ1) is 15.2. The molecule has 7 heteroatoms. The van der Waals surface area contributed by atoms with Crippen molar-refractivity contribution in [1.82, 2.24) is 14.3 Å². The molecule has 1 fully saturated rings. The van der Waals surface area contributed by atoms with Gasteiger partial charge in [0.2, 0.25) is 16.0 Å². The van der Waals surface area contributed by atoms with E-state index in [4.69, 9.17) is 0 Å². The number of nitrogens with one attached hydrogen (secondary N) is 1. The SMILES string of the molecule is CCCC1CCN(S(=O)(=O)c2cnc(NC)nc2)CC1. The van der Waals surface area contributed by atoms with Gasteiger partial charge in [0.25, 0.3) is 0 Å². The van der Waals surface area contributed by atoms with Gasteiger partial charge in [-0.2, -0.15) is 4.31 Å². The van der Waals surface area contributed by atoms with Gasteiger partial charge in [0, 0.05) is 20.1 Å². The molecular formula is C13H22N4O2S. The molecule has 1 aliphatic heterocycles. The van der Waals surface area contributed by atoms with Gasteiger partial charge in [0.15, 0.2) is 0 Å². The maximum absolute atomic E-state index is 12.5. The van der Waals surface area contributed by atoms with Crippen molar-refractivity contribution in [2.24, 2.45) is 5.92 Å². The minimum Gasteiger partial charge on any atom is -0.357 e. The molecule has 112 valence electrons. The van der Waals surface area contributed by atoms with Crippen molar-refractivity contribution in [3.05, 3.63) is 12.4 Å². The molecule has 1 aliphatic rings. The summed E-state index contributed by atoms with van der Waals surface area (Å²) in [7, 11) is -1.75. The van der Waals surface area contributed by atoms with E-state index in [1.54, 1.807) is 11.4 Å². The Balaban J connectivity index is 2.07. The molecule has 20 heavy (non-hydrogen) atoms. The van der Waals surface area contributed by atoms with Gasteiger partial charge in [-0.15, -0.1) is 0 Å². The van der Waals surface area contributed by atoms with E-state index >= 15 is 0 Å². The number of hydrogen-bond donors (Lipinski definition) is 1. The number of rotatable bonds is 5. The van der Waals surface area contributed by atoms with Crippen molar-refractivity contribution < 1.29 is 8.42 Å². The molecule has 0 aromatic carbocycles. The zero-order valence-electron chi connectivity index (χ0n) is 12.0. The zero-order valence-corrected chi connectivity index (χ0v) is 12.9. The molecule has 1 N–H and O–H groups in total. The maximum atomic E-state index is 12.5. The number of hydrogen-bond acceptors (Lipinski definition) is 5. The van der Waals surface area contributed by atoms with Gasteiger partial charge >= 0.3 is 0 Å². The first-order valence-electron chi connectivity index (χ1n) is 7.08. The predicted octanol–water partition coefficient (Wildman–Crippen LogP) is 1.72. The third kappa shape index (κ3) is 3.27. The van der Waals surface area contributed by atoms with E-state index in [0.717, 1.165) is 19.3 Å². The standard InChI is InChI=1S/C13H22N4O2S/c1-3-4-11-5-7-17(8-6-11)20(18,19)12-9-15-13(14-2)16-10-12/h9-11H,3-8H2,1-2H3,(H,14,15,16). The Morgan fingerprint density at radius 2 is 1.90 bits per heavy atom. The van der Waals surface area contributed by atoms with Crippen LogP contribution in [0.1, 0.15) is 32.6 Å². The highest BCUT2D eigenvalue weighted by molar-refractivity contribution is 7.89. The highest BCUT2D eigenvalue weighted by atomic mass is 32.2. The third-order valence-electron chi connectivity index (χ3n) is 3.76. The first-order chi connectivity index (χ1) is 9.57. The number of nitrogens with zero attached hydrogens (tertiary/aromatic N) is 3. The van der Waals surface area contributed by atoms with Crippen molar-refractivity contribution in [1.29, 1.82) is 0 Å². The summed E-state index contributed by atoms with van der Waals surface area (Å²) in [5.41, 5.74) is 0. The summed E-state index contributed by atoms with van der Waals surface area (Å²) in [5.74, 6) is 1.08. The number of anilines is 1. The second kappa shape index (κ2) is 6.49. The van der Waals surface area contributed by atoms with Crippen molar-refractivity contribution in [2.75, 3.05) is 25.5 Å². The molecular weight excluding hydrogens is 276 g/mol. The van der Waals surface area contributed by atoms with Crippen molar-refractivity contribution in [3.8, 4) is 0 Å². The fourth-order valence-electron chi connectivity index (χ4n) is 2.57. The third-order valence-corrected chi connectivity index (χ3v) is 5.61. The Labute approximate surface area is 120 Å². The molecule has 0 bridgehead atoms. The second-order valence-corrected chi connectivity index (χ2v) is 7.07. The smallest absolute Gasteiger partial charge is 0.246 e. The van der Waals surface area contributed by atoms with Crippen LogP contribution in [-0.4, -0.2) is 42.8 Å². The summed E-state index contributed by atoms with van der Waals surface area (Å²) >= 11 is 0. The van der Waals surface area contributed by atoms with E-state index in [2.05, 4.69) is 22.2 Å². The van der Waals surface area contributed by atoms with Crippen LogP contribution in [-0.2, 0) is 10.0 Å². The molecule has 2 rings (SSSR count). The van der Waals surface area contributed by atoms with Gasteiger partial charge in [-0.1, -0.05) is 19.8 Å².